The van der Waals surface area contributed by atoms with Gasteiger partial charge in [0.05, 0.1) is 0 Å². The molecule has 0 radical (unpaired) electrons. The van der Waals surface area contributed by atoms with E-state index in [1.807, 2.05) is 27.7 Å². The second-order valence-electron chi connectivity index (χ2n) is 4.50. The third kappa shape index (κ3) is 1.94. The Labute approximate surface area is 84.0 Å². The molecular weight excluding hydrogens is 182 g/mol. The van der Waals surface area contributed by atoms with Gasteiger partial charge in [-0.3, -0.25) is 0 Å². The van der Waals surface area contributed by atoms with Crippen LogP contribution < -0.4 is 0 Å². The molecule has 0 unspecified atom stereocenters. The Kier molecular flexibility index (Phi) is 2.93. The lowest BCUT2D eigenvalue weighted by Crippen LogP contribution is -2.15. The number of halogens is 2. The topological polar surface area (TPSA) is 0 Å². The van der Waals surface area contributed by atoms with Crippen LogP contribution in [0.25, 0.3) is 0 Å². The monoisotopic (exact) mass is 198 g/mol. The van der Waals surface area contributed by atoms with Crippen molar-refractivity contribution in [2.75, 3.05) is 0 Å². The van der Waals surface area contributed by atoms with E-state index in [-0.39, 0.29) is 5.41 Å². The summed E-state index contributed by atoms with van der Waals surface area (Å²) < 4.78 is 27.0. The highest BCUT2D eigenvalue weighted by Gasteiger charge is 2.21. The number of hydrogen-bond donors (Lipinski definition) is 0. The van der Waals surface area contributed by atoms with Crippen LogP contribution >= 0.6 is 0 Å². The van der Waals surface area contributed by atoms with Crippen molar-refractivity contribution >= 4 is 0 Å². The van der Waals surface area contributed by atoms with Gasteiger partial charge in [-0.05, 0) is 23.0 Å². The number of rotatable bonds is 1. The molecule has 0 aliphatic carbocycles. The van der Waals surface area contributed by atoms with Crippen LogP contribution in [0.2, 0.25) is 0 Å². The van der Waals surface area contributed by atoms with Gasteiger partial charge in [0.2, 0.25) is 0 Å². The molecule has 0 amide bonds. The maximum Gasteiger partial charge on any atom is 0.162 e. The zero-order valence-corrected chi connectivity index (χ0v) is 9.12. The summed E-state index contributed by atoms with van der Waals surface area (Å²) in [7, 11) is 0. The van der Waals surface area contributed by atoms with E-state index in [1.54, 1.807) is 12.1 Å². The third-order valence-corrected chi connectivity index (χ3v) is 2.35. The van der Waals surface area contributed by atoms with Gasteiger partial charge in [-0.2, -0.15) is 0 Å². The molecule has 2 heteroatoms. The van der Waals surface area contributed by atoms with Gasteiger partial charge in [-0.15, -0.1) is 0 Å². The number of hydrogen-bond acceptors (Lipinski definition) is 0. The van der Waals surface area contributed by atoms with Gasteiger partial charge < -0.3 is 0 Å². The fourth-order valence-electron chi connectivity index (χ4n) is 1.44. The van der Waals surface area contributed by atoms with Crippen LogP contribution in [0.1, 0.15) is 38.8 Å². The van der Waals surface area contributed by atoms with E-state index in [0.717, 1.165) is 0 Å². The van der Waals surface area contributed by atoms with Crippen LogP contribution in [0, 0.1) is 11.6 Å². The zero-order chi connectivity index (χ0) is 10.9. The van der Waals surface area contributed by atoms with Crippen molar-refractivity contribution in [3.05, 3.63) is 34.9 Å². The minimum absolute atomic E-state index is 0.350. The van der Waals surface area contributed by atoms with Crippen LogP contribution in [0.3, 0.4) is 0 Å². The number of aryl methyl sites for hydroxylation is 1. The molecule has 0 heterocycles. The van der Waals surface area contributed by atoms with Gasteiger partial charge >= 0.3 is 0 Å². The molecule has 0 N–H and O–H groups in total. The molecule has 0 nitrogen and oxygen atoms in total. The average Bonchev–Trinajstić information content (AvgIpc) is 2.07. The molecule has 0 aromatic heterocycles. The lowest BCUT2D eigenvalue weighted by Gasteiger charge is -2.20. The molecule has 1 aromatic carbocycles. The van der Waals surface area contributed by atoms with Gasteiger partial charge in [0.15, 0.2) is 11.6 Å². The highest BCUT2D eigenvalue weighted by Crippen LogP contribution is 2.27. The van der Waals surface area contributed by atoms with E-state index < -0.39 is 11.6 Å². The minimum atomic E-state index is -0.697. The molecule has 0 aliphatic heterocycles. The molecular formula is C12H16F2. The third-order valence-electron chi connectivity index (χ3n) is 2.35. The fourth-order valence-corrected chi connectivity index (χ4v) is 1.44. The molecule has 0 atom stereocenters. The van der Waals surface area contributed by atoms with Crippen LogP contribution in [0.5, 0.6) is 0 Å². The Hall–Kier alpha value is -0.920. The van der Waals surface area contributed by atoms with E-state index in [2.05, 4.69) is 0 Å². The first-order chi connectivity index (χ1) is 6.38. The van der Waals surface area contributed by atoms with Crippen molar-refractivity contribution in [2.24, 2.45) is 0 Å². The summed E-state index contributed by atoms with van der Waals surface area (Å²) in [4.78, 5) is 0. The normalized spacial score (nSPS) is 11.9. The highest BCUT2D eigenvalue weighted by atomic mass is 19.2. The van der Waals surface area contributed by atoms with Gasteiger partial charge in [-0.1, -0.05) is 39.8 Å². The Morgan fingerprint density at radius 2 is 1.64 bits per heavy atom. The molecule has 0 aliphatic rings. The first-order valence-corrected chi connectivity index (χ1v) is 4.85. The van der Waals surface area contributed by atoms with E-state index >= 15 is 0 Å². The molecule has 0 bridgehead atoms. The van der Waals surface area contributed by atoms with Crippen molar-refractivity contribution in [1.82, 2.24) is 0 Å². The van der Waals surface area contributed by atoms with Gasteiger partial charge in [-0.25, -0.2) is 8.78 Å². The molecule has 0 saturated carbocycles. The van der Waals surface area contributed by atoms with E-state index in [0.29, 0.717) is 17.5 Å². The summed E-state index contributed by atoms with van der Waals surface area (Å²) in [5, 5.41) is 0. The summed E-state index contributed by atoms with van der Waals surface area (Å²) in [6, 6.07) is 3.34. The maximum absolute atomic E-state index is 13.6. The van der Waals surface area contributed by atoms with Gasteiger partial charge in [0.1, 0.15) is 0 Å². The smallest absolute Gasteiger partial charge is 0.162 e. The Balaban J connectivity index is 3.31. The fraction of sp³-hybridized carbons (Fsp3) is 0.500. The summed E-state index contributed by atoms with van der Waals surface area (Å²) in [5.74, 6) is -1.39. The molecule has 14 heavy (non-hydrogen) atoms. The Morgan fingerprint density at radius 3 is 2.07 bits per heavy atom. The van der Waals surface area contributed by atoms with Crippen molar-refractivity contribution < 1.29 is 8.78 Å². The largest absolute Gasteiger partial charge is 0.203 e. The quantitative estimate of drug-likeness (QED) is 0.643. The highest BCUT2D eigenvalue weighted by molar-refractivity contribution is 5.30. The van der Waals surface area contributed by atoms with Crippen molar-refractivity contribution in [1.29, 1.82) is 0 Å². The van der Waals surface area contributed by atoms with E-state index in [9.17, 15) is 8.78 Å². The standard InChI is InChI=1S/C12H16F2/c1-5-8-6-7-9(12(2,3)4)11(14)10(8)13/h6-7H,5H2,1-4H3. The van der Waals surface area contributed by atoms with Crippen LogP contribution in [0.15, 0.2) is 12.1 Å². The van der Waals surface area contributed by atoms with Crippen molar-refractivity contribution in [3.63, 3.8) is 0 Å². The second-order valence-corrected chi connectivity index (χ2v) is 4.50. The lowest BCUT2D eigenvalue weighted by molar-refractivity contribution is 0.459. The predicted octanol–water partition coefficient (Wildman–Crippen LogP) is 3.82. The van der Waals surface area contributed by atoms with Gasteiger partial charge in [0, 0.05) is 0 Å². The molecule has 0 spiro atoms. The summed E-state index contributed by atoms with van der Waals surface area (Å²) >= 11 is 0. The maximum atomic E-state index is 13.6. The van der Waals surface area contributed by atoms with Crippen molar-refractivity contribution in [3.8, 4) is 0 Å². The van der Waals surface area contributed by atoms with E-state index in [4.69, 9.17) is 0 Å². The lowest BCUT2D eigenvalue weighted by atomic mass is 9.86. The van der Waals surface area contributed by atoms with Gasteiger partial charge in [0.25, 0.3) is 0 Å². The SMILES string of the molecule is CCc1ccc(C(C)(C)C)c(F)c1F. The Bertz CT molecular complexity index is 335. The first-order valence-electron chi connectivity index (χ1n) is 4.85. The Morgan fingerprint density at radius 1 is 1.07 bits per heavy atom. The molecule has 0 fully saturated rings. The van der Waals surface area contributed by atoms with Crippen LogP contribution in [0.4, 0.5) is 8.78 Å². The van der Waals surface area contributed by atoms with Crippen LogP contribution in [-0.4, -0.2) is 0 Å². The molecule has 1 rings (SSSR count). The summed E-state index contributed by atoms with van der Waals surface area (Å²) in [6.07, 6.45) is 0.521. The molecule has 1 aromatic rings. The van der Waals surface area contributed by atoms with Crippen LogP contribution in [-0.2, 0) is 11.8 Å². The first kappa shape index (κ1) is 11.2. The summed E-state index contributed by atoms with van der Waals surface area (Å²) in [5.41, 5.74) is 0.527. The summed E-state index contributed by atoms with van der Waals surface area (Å²) in [6.45, 7) is 7.43. The average molecular weight is 198 g/mol. The predicted molar refractivity (Wildman–Crippen MR) is 54.4 cm³/mol. The molecule has 0 saturated heterocycles. The second kappa shape index (κ2) is 3.68. The van der Waals surface area contributed by atoms with Crippen molar-refractivity contribution in [2.45, 2.75) is 39.5 Å². The van der Waals surface area contributed by atoms with E-state index in [1.165, 1.54) is 0 Å². The molecule has 78 valence electrons. The minimum Gasteiger partial charge on any atom is -0.203 e. The number of benzene rings is 1. The zero-order valence-electron chi connectivity index (χ0n) is 9.12.